The number of phenolic OH excluding ortho intramolecular Hbond substituents is 1. The molecule has 156 valence electrons. The minimum atomic E-state index is -0.310. The summed E-state index contributed by atoms with van der Waals surface area (Å²) in [4.78, 5) is 21.1. The number of phenols is 1. The molecular weight excluding hydrogens is 382 g/mol. The van der Waals surface area contributed by atoms with Gasteiger partial charge in [-0.25, -0.2) is 9.97 Å². The molecule has 0 saturated heterocycles. The van der Waals surface area contributed by atoms with Crippen LogP contribution < -0.4 is 14.8 Å². The van der Waals surface area contributed by atoms with E-state index in [4.69, 9.17) is 9.47 Å². The minimum absolute atomic E-state index is 0.138. The van der Waals surface area contributed by atoms with E-state index in [9.17, 15) is 9.90 Å². The van der Waals surface area contributed by atoms with E-state index in [1.54, 1.807) is 49.6 Å². The van der Waals surface area contributed by atoms with E-state index in [2.05, 4.69) is 29.1 Å². The average molecular weight is 407 g/mol. The molecular formula is C23H25N3O4. The lowest BCUT2D eigenvalue weighted by atomic mass is 10.1. The van der Waals surface area contributed by atoms with Gasteiger partial charge in [-0.15, -0.1) is 0 Å². The van der Waals surface area contributed by atoms with Crippen molar-refractivity contribution in [2.24, 2.45) is 5.92 Å². The zero-order valence-electron chi connectivity index (χ0n) is 17.3. The molecule has 1 heterocycles. The molecule has 0 radical (unpaired) electrons. The number of hydrogen-bond acceptors (Lipinski definition) is 6. The maximum atomic E-state index is 12.6. The summed E-state index contributed by atoms with van der Waals surface area (Å²) in [6.07, 6.45) is 3.97. The van der Waals surface area contributed by atoms with Crippen molar-refractivity contribution in [3.63, 3.8) is 0 Å². The summed E-state index contributed by atoms with van der Waals surface area (Å²) >= 11 is 0. The number of anilines is 1. The Morgan fingerprint density at radius 1 is 1.10 bits per heavy atom. The van der Waals surface area contributed by atoms with Crippen LogP contribution in [0, 0.1) is 5.92 Å². The first-order valence-corrected chi connectivity index (χ1v) is 9.70. The minimum Gasteiger partial charge on any atom is -0.508 e. The number of ether oxygens (including phenoxy) is 2. The molecule has 7 heteroatoms. The first-order chi connectivity index (χ1) is 14.5. The number of nitrogens with one attached hydrogen (secondary N) is 1. The molecule has 1 aromatic heterocycles. The number of methoxy groups -OCH3 is 1. The zero-order valence-corrected chi connectivity index (χ0v) is 17.3. The molecule has 0 aliphatic heterocycles. The lowest BCUT2D eigenvalue weighted by Crippen LogP contribution is -2.13. The first-order valence-electron chi connectivity index (χ1n) is 9.70. The van der Waals surface area contributed by atoms with Gasteiger partial charge < -0.3 is 19.9 Å². The summed E-state index contributed by atoms with van der Waals surface area (Å²) in [6.45, 7) is 4.85. The predicted octanol–water partition coefficient (Wildman–Crippen LogP) is 4.54. The Morgan fingerprint density at radius 3 is 2.53 bits per heavy atom. The Morgan fingerprint density at radius 2 is 1.87 bits per heavy atom. The number of aromatic nitrogens is 2. The number of amides is 1. The van der Waals surface area contributed by atoms with Crippen LogP contribution in [0.2, 0.25) is 0 Å². The van der Waals surface area contributed by atoms with Gasteiger partial charge in [0.1, 0.15) is 5.75 Å². The molecule has 0 saturated carbocycles. The van der Waals surface area contributed by atoms with Gasteiger partial charge in [-0.05, 0) is 42.7 Å². The quantitative estimate of drug-likeness (QED) is 0.570. The van der Waals surface area contributed by atoms with Crippen LogP contribution in [0.4, 0.5) is 5.69 Å². The van der Waals surface area contributed by atoms with Crippen LogP contribution in [-0.4, -0.2) is 34.7 Å². The fourth-order valence-corrected chi connectivity index (χ4v) is 2.72. The van der Waals surface area contributed by atoms with Crippen LogP contribution in [0.3, 0.4) is 0 Å². The van der Waals surface area contributed by atoms with Crippen molar-refractivity contribution >= 4 is 11.6 Å². The van der Waals surface area contributed by atoms with Crippen LogP contribution in [0.5, 0.6) is 17.2 Å². The van der Waals surface area contributed by atoms with E-state index in [1.807, 2.05) is 0 Å². The zero-order chi connectivity index (χ0) is 21.5. The average Bonchev–Trinajstić information content (AvgIpc) is 2.74. The van der Waals surface area contributed by atoms with Gasteiger partial charge in [-0.3, -0.25) is 4.79 Å². The maximum absolute atomic E-state index is 12.6. The lowest BCUT2D eigenvalue weighted by Gasteiger charge is -2.13. The third kappa shape index (κ3) is 5.47. The predicted molar refractivity (Wildman–Crippen MR) is 115 cm³/mol. The fourth-order valence-electron chi connectivity index (χ4n) is 2.72. The summed E-state index contributed by atoms with van der Waals surface area (Å²) in [6, 6.07) is 11.7. The van der Waals surface area contributed by atoms with Gasteiger partial charge >= 0.3 is 0 Å². The topological polar surface area (TPSA) is 93.6 Å². The van der Waals surface area contributed by atoms with Crippen LogP contribution in [0.15, 0.2) is 54.9 Å². The smallest absolute Gasteiger partial charge is 0.255 e. The van der Waals surface area contributed by atoms with Gasteiger partial charge in [0.2, 0.25) is 0 Å². The number of aromatic hydroxyl groups is 1. The molecule has 0 bridgehead atoms. The Kier molecular flexibility index (Phi) is 6.85. The molecule has 0 spiro atoms. The highest BCUT2D eigenvalue weighted by Crippen LogP contribution is 2.29. The maximum Gasteiger partial charge on any atom is 0.255 e. The number of benzene rings is 2. The summed E-state index contributed by atoms with van der Waals surface area (Å²) < 4.78 is 11.1. The van der Waals surface area contributed by atoms with Crippen molar-refractivity contribution in [3.05, 3.63) is 60.4 Å². The highest BCUT2D eigenvalue weighted by atomic mass is 16.5. The van der Waals surface area contributed by atoms with E-state index >= 15 is 0 Å². The number of hydrogen-bond donors (Lipinski definition) is 2. The second kappa shape index (κ2) is 9.73. The number of nitrogens with zero attached hydrogens (tertiary/aromatic N) is 2. The van der Waals surface area contributed by atoms with Gasteiger partial charge in [0.15, 0.2) is 17.3 Å². The molecule has 0 atom stereocenters. The molecule has 30 heavy (non-hydrogen) atoms. The van der Waals surface area contributed by atoms with Gasteiger partial charge in [-0.2, -0.15) is 0 Å². The van der Waals surface area contributed by atoms with Gasteiger partial charge in [-0.1, -0.05) is 26.0 Å². The van der Waals surface area contributed by atoms with E-state index in [-0.39, 0.29) is 11.7 Å². The summed E-state index contributed by atoms with van der Waals surface area (Å²) in [5.74, 6) is 1.93. The molecule has 3 aromatic rings. The molecule has 2 N–H and O–H groups in total. The molecule has 0 aliphatic carbocycles. The third-order valence-corrected chi connectivity index (χ3v) is 4.39. The normalized spacial score (nSPS) is 10.7. The standard InChI is InChI=1S/C23H25N3O4/c1-15(2)9-10-30-20-8-7-17(12-21(20)29-3)23(28)26-18-13-24-22(25-14-18)16-5-4-6-19(27)11-16/h4-8,11-15,27H,9-10H2,1-3H3,(H,26,28). The summed E-state index contributed by atoms with van der Waals surface area (Å²) in [5, 5.41) is 12.3. The van der Waals surface area contributed by atoms with Crippen LogP contribution >= 0.6 is 0 Å². The highest BCUT2D eigenvalue weighted by Gasteiger charge is 2.12. The number of carbonyl (C=O) groups excluding carboxylic acids is 1. The van der Waals surface area contributed by atoms with E-state index < -0.39 is 0 Å². The van der Waals surface area contributed by atoms with Crippen LogP contribution in [0.25, 0.3) is 11.4 Å². The van der Waals surface area contributed by atoms with E-state index in [0.717, 1.165) is 6.42 Å². The van der Waals surface area contributed by atoms with Crippen molar-refractivity contribution in [1.82, 2.24) is 9.97 Å². The lowest BCUT2D eigenvalue weighted by molar-refractivity contribution is 0.102. The molecule has 2 aromatic carbocycles. The third-order valence-electron chi connectivity index (χ3n) is 4.39. The molecule has 3 rings (SSSR count). The van der Waals surface area contributed by atoms with Crippen molar-refractivity contribution in [3.8, 4) is 28.6 Å². The summed E-state index contributed by atoms with van der Waals surface area (Å²) in [5.41, 5.74) is 1.57. The van der Waals surface area contributed by atoms with Crippen molar-refractivity contribution in [2.45, 2.75) is 20.3 Å². The first kappa shape index (κ1) is 21.1. The largest absolute Gasteiger partial charge is 0.508 e. The second-order valence-electron chi connectivity index (χ2n) is 7.20. The molecule has 1 amide bonds. The van der Waals surface area contributed by atoms with Gasteiger partial charge in [0.05, 0.1) is 31.8 Å². The Bertz CT molecular complexity index is 1000. The monoisotopic (exact) mass is 407 g/mol. The van der Waals surface area contributed by atoms with E-state index in [0.29, 0.717) is 46.7 Å². The Balaban J connectivity index is 1.68. The van der Waals surface area contributed by atoms with Crippen molar-refractivity contribution in [2.75, 3.05) is 19.0 Å². The van der Waals surface area contributed by atoms with Crippen molar-refractivity contribution < 1.29 is 19.4 Å². The molecule has 0 fully saturated rings. The van der Waals surface area contributed by atoms with Gasteiger partial charge in [0.25, 0.3) is 5.91 Å². The van der Waals surface area contributed by atoms with Crippen LogP contribution in [-0.2, 0) is 0 Å². The molecule has 0 aliphatic rings. The highest BCUT2D eigenvalue weighted by molar-refractivity contribution is 6.04. The second-order valence-corrected chi connectivity index (χ2v) is 7.20. The summed E-state index contributed by atoms with van der Waals surface area (Å²) in [7, 11) is 1.54. The molecule has 7 nitrogen and oxygen atoms in total. The Labute approximate surface area is 175 Å². The fraction of sp³-hybridized carbons (Fsp3) is 0.261. The molecule has 0 unspecified atom stereocenters. The SMILES string of the molecule is COc1cc(C(=O)Nc2cnc(-c3cccc(O)c3)nc2)ccc1OCCC(C)C. The number of carbonyl (C=O) groups is 1. The van der Waals surface area contributed by atoms with Crippen molar-refractivity contribution in [1.29, 1.82) is 0 Å². The number of rotatable bonds is 8. The Hall–Kier alpha value is -3.61. The van der Waals surface area contributed by atoms with Crippen LogP contribution in [0.1, 0.15) is 30.6 Å². The van der Waals surface area contributed by atoms with Gasteiger partial charge in [0, 0.05) is 11.1 Å². The van der Waals surface area contributed by atoms with E-state index in [1.165, 1.54) is 12.4 Å².